The van der Waals surface area contributed by atoms with Crippen LogP contribution in [-0.2, 0) is 0 Å². The number of hydrogen-bond donors (Lipinski definition) is 0. The van der Waals surface area contributed by atoms with Gasteiger partial charge in [0.05, 0.1) is 0 Å². The van der Waals surface area contributed by atoms with Gasteiger partial charge in [-0.15, -0.1) is 0 Å². The Balaban J connectivity index is 0. The molecule has 0 aliphatic heterocycles. The molecule has 1 fully saturated rings. The molecule has 0 N–H and O–H groups in total. The minimum absolute atomic E-state index is 0.279. The molecule has 13 heavy (non-hydrogen) atoms. The van der Waals surface area contributed by atoms with Crippen LogP contribution in [0.25, 0.3) is 0 Å². The van der Waals surface area contributed by atoms with Gasteiger partial charge in [0.15, 0.2) is 0 Å². The summed E-state index contributed by atoms with van der Waals surface area (Å²) in [5, 5.41) is 0. The average Bonchev–Trinajstić information content (AvgIpc) is 2.25. The summed E-state index contributed by atoms with van der Waals surface area (Å²) in [7, 11) is 0. The average molecular weight is 194 g/mol. The molecule has 0 heterocycles. The van der Waals surface area contributed by atoms with Crippen molar-refractivity contribution in [1.29, 1.82) is 0 Å². The third kappa shape index (κ3) is 8.20. The zero-order valence-corrected chi connectivity index (χ0v) is 9.45. The van der Waals surface area contributed by atoms with Gasteiger partial charge >= 0.3 is 0 Å². The molecule has 0 saturated heterocycles. The van der Waals surface area contributed by atoms with Crippen molar-refractivity contribution in [2.24, 2.45) is 5.92 Å². The maximum atomic E-state index is 11.9. The van der Waals surface area contributed by atoms with Gasteiger partial charge in [-0.3, -0.25) is 0 Å². The zero-order valence-electron chi connectivity index (χ0n) is 9.45. The first-order valence-corrected chi connectivity index (χ1v) is 5.59. The van der Waals surface area contributed by atoms with E-state index in [-0.39, 0.29) is 5.92 Å². The molecule has 0 atom stereocenters. The largest absolute Gasteiger partial charge is 0.241 e. The van der Waals surface area contributed by atoms with Crippen LogP contribution in [0.1, 0.15) is 59.8 Å². The molecule has 0 spiro atoms. The van der Waals surface area contributed by atoms with E-state index in [4.69, 9.17) is 0 Å². The molecule has 1 saturated carbocycles. The highest BCUT2D eigenvalue weighted by Crippen LogP contribution is 2.28. The van der Waals surface area contributed by atoms with Crippen LogP contribution in [0, 0.1) is 5.92 Å². The molecule has 2 heteroatoms. The van der Waals surface area contributed by atoms with Gasteiger partial charge in [0.25, 0.3) is 0 Å². The van der Waals surface area contributed by atoms with Gasteiger partial charge in [-0.05, 0) is 12.8 Å². The van der Waals surface area contributed by atoms with E-state index in [1.165, 1.54) is 0 Å². The van der Waals surface area contributed by atoms with Crippen molar-refractivity contribution in [2.45, 2.75) is 66.2 Å². The highest BCUT2D eigenvalue weighted by Gasteiger charge is 2.21. The van der Waals surface area contributed by atoms with E-state index in [1.807, 2.05) is 27.7 Å². The molecule has 0 nitrogen and oxygen atoms in total. The van der Waals surface area contributed by atoms with Crippen molar-refractivity contribution >= 4 is 0 Å². The summed E-state index contributed by atoms with van der Waals surface area (Å²) < 4.78 is 23.8. The second kappa shape index (κ2) is 11.9. The van der Waals surface area contributed by atoms with E-state index in [0.717, 1.165) is 32.1 Å². The van der Waals surface area contributed by atoms with Crippen molar-refractivity contribution in [3.8, 4) is 0 Å². The van der Waals surface area contributed by atoms with E-state index in [1.54, 1.807) is 0 Å². The molecule has 0 radical (unpaired) electrons. The topological polar surface area (TPSA) is 0 Å². The Bertz CT molecular complexity index is 76.2. The molecule has 82 valence electrons. The van der Waals surface area contributed by atoms with Gasteiger partial charge in [0.2, 0.25) is 6.43 Å². The van der Waals surface area contributed by atoms with Gasteiger partial charge in [-0.2, -0.15) is 0 Å². The lowest BCUT2D eigenvalue weighted by Crippen LogP contribution is -2.14. The van der Waals surface area contributed by atoms with E-state index < -0.39 is 6.43 Å². The molecule has 0 unspecified atom stereocenters. The molecule has 1 aliphatic rings. The summed E-state index contributed by atoms with van der Waals surface area (Å²) >= 11 is 0. The minimum atomic E-state index is -2.06. The summed E-state index contributed by atoms with van der Waals surface area (Å²) in [6.45, 7) is 8.00. The standard InChI is InChI=1S/C7H12F2.2C2H6/c8-7(9)6-4-2-1-3-5-6;2*1-2/h6-7H,1-5H2;2*1-2H3. The van der Waals surface area contributed by atoms with Gasteiger partial charge in [-0.25, -0.2) is 8.78 Å². The molecule has 1 rings (SSSR count). The summed E-state index contributed by atoms with van der Waals surface area (Å²) in [6.07, 6.45) is 2.60. The number of hydrogen-bond acceptors (Lipinski definition) is 0. The van der Waals surface area contributed by atoms with Gasteiger partial charge in [0.1, 0.15) is 0 Å². The van der Waals surface area contributed by atoms with Crippen LogP contribution in [0.15, 0.2) is 0 Å². The lowest BCUT2D eigenvalue weighted by atomic mass is 9.90. The Labute approximate surface area is 81.7 Å². The van der Waals surface area contributed by atoms with Crippen molar-refractivity contribution in [3.05, 3.63) is 0 Å². The van der Waals surface area contributed by atoms with Crippen molar-refractivity contribution in [3.63, 3.8) is 0 Å². The molecule has 0 aromatic heterocycles. The SMILES string of the molecule is CC.CC.FC(F)C1CCCCC1. The minimum Gasteiger partial charge on any atom is -0.210 e. The lowest BCUT2D eigenvalue weighted by Gasteiger charge is -2.19. The number of halogens is 2. The zero-order chi connectivity index (χ0) is 10.7. The fourth-order valence-corrected chi connectivity index (χ4v) is 1.39. The maximum absolute atomic E-state index is 11.9. The molecule has 1 aliphatic carbocycles. The highest BCUT2D eigenvalue weighted by atomic mass is 19.3. The summed E-state index contributed by atoms with van der Waals surface area (Å²) in [5.41, 5.74) is 0. The lowest BCUT2D eigenvalue weighted by molar-refractivity contribution is 0.0563. The van der Waals surface area contributed by atoms with E-state index in [2.05, 4.69) is 0 Å². The number of alkyl halides is 2. The van der Waals surface area contributed by atoms with Crippen LogP contribution >= 0.6 is 0 Å². The fourth-order valence-electron chi connectivity index (χ4n) is 1.39. The molecule has 0 bridgehead atoms. The van der Waals surface area contributed by atoms with Crippen LogP contribution in [0.5, 0.6) is 0 Å². The third-order valence-corrected chi connectivity index (χ3v) is 2.01. The van der Waals surface area contributed by atoms with Gasteiger partial charge in [-0.1, -0.05) is 47.0 Å². The first-order valence-electron chi connectivity index (χ1n) is 5.59. The van der Waals surface area contributed by atoms with E-state index in [0.29, 0.717) is 0 Å². The summed E-state index contributed by atoms with van der Waals surface area (Å²) in [6, 6.07) is 0. The molecule has 0 aromatic rings. The molecular formula is C11H24F2. The van der Waals surface area contributed by atoms with E-state index >= 15 is 0 Å². The van der Waals surface area contributed by atoms with Gasteiger partial charge in [0, 0.05) is 5.92 Å². The first-order chi connectivity index (χ1) is 6.30. The molecule has 0 aromatic carbocycles. The summed E-state index contributed by atoms with van der Waals surface area (Å²) in [4.78, 5) is 0. The second-order valence-electron chi connectivity index (χ2n) is 2.73. The Morgan fingerprint density at radius 1 is 0.846 bits per heavy atom. The smallest absolute Gasteiger partial charge is 0.210 e. The number of rotatable bonds is 1. The summed E-state index contributed by atoms with van der Waals surface area (Å²) in [5.74, 6) is -0.279. The predicted molar refractivity (Wildman–Crippen MR) is 55.3 cm³/mol. The Morgan fingerprint density at radius 2 is 1.23 bits per heavy atom. The first kappa shape index (κ1) is 15.3. The van der Waals surface area contributed by atoms with Crippen LogP contribution in [0.3, 0.4) is 0 Å². The maximum Gasteiger partial charge on any atom is 0.241 e. The Hall–Kier alpha value is -0.140. The third-order valence-electron chi connectivity index (χ3n) is 2.01. The van der Waals surface area contributed by atoms with Crippen LogP contribution in [-0.4, -0.2) is 6.43 Å². The van der Waals surface area contributed by atoms with Crippen LogP contribution in [0.4, 0.5) is 8.78 Å². The van der Waals surface area contributed by atoms with Crippen molar-refractivity contribution < 1.29 is 8.78 Å². The highest BCUT2D eigenvalue weighted by molar-refractivity contribution is 4.66. The van der Waals surface area contributed by atoms with Gasteiger partial charge < -0.3 is 0 Å². The predicted octanol–water partition coefficient (Wildman–Crippen LogP) is 4.88. The monoisotopic (exact) mass is 194 g/mol. The van der Waals surface area contributed by atoms with E-state index in [9.17, 15) is 8.78 Å². The molecular weight excluding hydrogens is 170 g/mol. The Morgan fingerprint density at radius 3 is 1.46 bits per heavy atom. The van der Waals surface area contributed by atoms with Crippen LogP contribution in [0.2, 0.25) is 0 Å². The quantitative estimate of drug-likeness (QED) is 0.558. The Kier molecular flexibility index (Phi) is 14.0. The van der Waals surface area contributed by atoms with Crippen molar-refractivity contribution in [1.82, 2.24) is 0 Å². The van der Waals surface area contributed by atoms with Crippen LogP contribution < -0.4 is 0 Å². The second-order valence-corrected chi connectivity index (χ2v) is 2.73. The normalized spacial score (nSPS) is 16.8. The molecule has 0 amide bonds. The van der Waals surface area contributed by atoms with Crippen molar-refractivity contribution in [2.75, 3.05) is 0 Å². The fraction of sp³-hybridized carbons (Fsp3) is 1.00.